The smallest absolute Gasteiger partial charge is 0.251 e. The van der Waals surface area contributed by atoms with Crippen molar-refractivity contribution in [3.63, 3.8) is 0 Å². The number of rotatable bonds is 8. The van der Waals surface area contributed by atoms with Crippen LogP contribution in [-0.4, -0.2) is 45.9 Å². The van der Waals surface area contributed by atoms with Crippen molar-refractivity contribution in [3.05, 3.63) is 29.8 Å². The van der Waals surface area contributed by atoms with Gasteiger partial charge in [-0.25, -0.2) is 0 Å². The maximum Gasteiger partial charge on any atom is 0.251 e. The molecule has 1 fully saturated rings. The van der Waals surface area contributed by atoms with Crippen LogP contribution in [0.25, 0.3) is 0 Å². The standard InChI is InChI=1S/C17H26N2O3.ClH/c1-21-10-11-22-16-6-2-5-15(12-16)17(20)19-9-7-14-4-3-8-18-13-14;/h2,5-6,12,14,18H,3-4,7-11,13H2,1H3,(H,19,20);1H. The molecule has 23 heavy (non-hydrogen) atoms. The van der Waals surface area contributed by atoms with Crippen LogP contribution in [0.15, 0.2) is 24.3 Å². The molecule has 0 saturated carbocycles. The van der Waals surface area contributed by atoms with Gasteiger partial charge in [0, 0.05) is 19.2 Å². The number of halogens is 1. The summed E-state index contributed by atoms with van der Waals surface area (Å²) in [6, 6.07) is 7.26. The maximum absolute atomic E-state index is 12.2. The predicted molar refractivity (Wildman–Crippen MR) is 93.6 cm³/mol. The Bertz CT molecular complexity index is 465. The van der Waals surface area contributed by atoms with Crippen molar-refractivity contribution in [2.45, 2.75) is 19.3 Å². The minimum Gasteiger partial charge on any atom is -0.491 e. The summed E-state index contributed by atoms with van der Waals surface area (Å²) in [6.45, 7) is 3.93. The molecule has 1 aliphatic heterocycles. The molecule has 1 unspecified atom stereocenters. The van der Waals surface area contributed by atoms with E-state index in [0.717, 1.165) is 26.1 Å². The Labute approximate surface area is 144 Å². The van der Waals surface area contributed by atoms with E-state index in [2.05, 4.69) is 10.6 Å². The summed E-state index contributed by atoms with van der Waals surface area (Å²) in [5.74, 6) is 1.33. The molecule has 0 spiro atoms. The van der Waals surface area contributed by atoms with E-state index in [9.17, 15) is 4.79 Å². The number of piperidine rings is 1. The molecule has 6 heteroatoms. The van der Waals surface area contributed by atoms with Crippen molar-refractivity contribution in [3.8, 4) is 5.75 Å². The van der Waals surface area contributed by atoms with Gasteiger partial charge in [-0.15, -0.1) is 12.4 Å². The summed E-state index contributed by atoms with van der Waals surface area (Å²) in [6.07, 6.45) is 3.52. The summed E-state index contributed by atoms with van der Waals surface area (Å²) >= 11 is 0. The van der Waals surface area contributed by atoms with Crippen LogP contribution >= 0.6 is 12.4 Å². The summed E-state index contributed by atoms with van der Waals surface area (Å²) in [4.78, 5) is 12.2. The van der Waals surface area contributed by atoms with Gasteiger partial charge in [0.25, 0.3) is 5.91 Å². The Morgan fingerprint density at radius 2 is 2.26 bits per heavy atom. The van der Waals surface area contributed by atoms with Gasteiger partial charge in [-0.3, -0.25) is 4.79 Å². The fourth-order valence-corrected chi connectivity index (χ4v) is 2.63. The van der Waals surface area contributed by atoms with E-state index in [4.69, 9.17) is 9.47 Å². The number of ether oxygens (including phenoxy) is 2. The topological polar surface area (TPSA) is 59.6 Å². The molecule has 1 heterocycles. The molecule has 0 radical (unpaired) electrons. The van der Waals surface area contributed by atoms with Crippen molar-refractivity contribution < 1.29 is 14.3 Å². The minimum atomic E-state index is -0.0408. The van der Waals surface area contributed by atoms with E-state index in [-0.39, 0.29) is 18.3 Å². The van der Waals surface area contributed by atoms with Gasteiger partial charge in [0.15, 0.2) is 0 Å². The van der Waals surface area contributed by atoms with Crippen molar-refractivity contribution in [1.29, 1.82) is 0 Å². The second kappa shape index (κ2) is 11.3. The zero-order chi connectivity index (χ0) is 15.6. The molecule has 2 rings (SSSR count). The van der Waals surface area contributed by atoms with Gasteiger partial charge >= 0.3 is 0 Å². The number of benzene rings is 1. The van der Waals surface area contributed by atoms with Crippen LogP contribution in [-0.2, 0) is 4.74 Å². The molecule has 5 nitrogen and oxygen atoms in total. The number of hydrogen-bond donors (Lipinski definition) is 2. The Balaban J connectivity index is 0.00000264. The van der Waals surface area contributed by atoms with Gasteiger partial charge in [0.1, 0.15) is 12.4 Å². The molecule has 1 atom stereocenters. The molecule has 1 aromatic carbocycles. The van der Waals surface area contributed by atoms with E-state index in [1.165, 1.54) is 12.8 Å². The average Bonchev–Trinajstić information content (AvgIpc) is 2.56. The summed E-state index contributed by atoms with van der Waals surface area (Å²) in [5, 5.41) is 6.39. The van der Waals surface area contributed by atoms with Crippen LogP contribution in [0.2, 0.25) is 0 Å². The lowest BCUT2D eigenvalue weighted by atomic mass is 9.96. The van der Waals surface area contributed by atoms with E-state index >= 15 is 0 Å². The summed E-state index contributed by atoms with van der Waals surface area (Å²) in [5.41, 5.74) is 0.636. The molecule has 0 bridgehead atoms. The summed E-state index contributed by atoms with van der Waals surface area (Å²) in [7, 11) is 1.63. The quantitative estimate of drug-likeness (QED) is 0.711. The van der Waals surface area contributed by atoms with Crippen LogP contribution in [0.3, 0.4) is 0 Å². The number of methoxy groups -OCH3 is 1. The predicted octanol–water partition coefficient (Wildman–Crippen LogP) is 2.25. The number of nitrogens with one attached hydrogen (secondary N) is 2. The zero-order valence-corrected chi connectivity index (χ0v) is 14.5. The molecule has 1 amide bonds. The molecular formula is C17H27ClN2O3. The molecular weight excluding hydrogens is 316 g/mol. The van der Waals surface area contributed by atoms with E-state index in [1.54, 1.807) is 19.2 Å². The number of carbonyl (C=O) groups is 1. The van der Waals surface area contributed by atoms with Gasteiger partial charge in [0.05, 0.1) is 6.61 Å². The number of amides is 1. The van der Waals surface area contributed by atoms with Crippen molar-refractivity contribution in [2.24, 2.45) is 5.92 Å². The highest BCUT2D eigenvalue weighted by Gasteiger charge is 2.13. The second-order valence-corrected chi connectivity index (χ2v) is 5.63. The SMILES string of the molecule is COCCOc1cccc(C(=O)NCCC2CCCNC2)c1.Cl. The first-order chi connectivity index (χ1) is 10.8. The summed E-state index contributed by atoms with van der Waals surface area (Å²) < 4.78 is 10.5. The molecule has 1 aromatic rings. The molecule has 130 valence electrons. The largest absolute Gasteiger partial charge is 0.491 e. The average molecular weight is 343 g/mol. The highest BCUT2D eigenvalue weighted by atomic mass is 35.5. The van der Waals surface area contributed by atoms with Crippen LogP contribution in [0.4, 0.5) is 0 Å². The van der Waals surface area contributed by atoms with Crippen LogP contribution in [0.1, 0.15) is 29.6 Å². The first-order valence-electron chi connectivity index (χ1n) is 8.00. The lowest BCUT2D eigenvalue weighted by molar-refractivity contribution is 0.0950. The van der Waals surface area contributed by atoms with Crippen molar-refractivity contribution in [1.82, 2.24) is 10.6 Å². The minimum absolute atomic E-state index is 0. The van der Waals surface area contributed by atoms with Gasteiger partial charge in [-0.05, 0) is 56.5 Å². The molecule has 0 aliphatic carbocycles. The van der Waals surface area contributed by atoms with Crippen LogP contribution in [0.5, 0.6) is 5.75 Å². The lowest BCUT2D eigenvalue weighted by Crippen LogP contribution is -2.33. The third-order valence-corrected chi connectivity index (χ3v) is 3.89. The molecule has 1 aliphatic rings. The lowest BCUT2D eigenvalue weighted by Gasteiger charge is -2.22. The van der Waals surface area contributed by atoms with Gasteiger partial charge < -0.3 is 20.1 Å². The number of carbonyl (C=O) groups excluding carboxylic acids is 1. The normalized spacial score (nSPS) is 17.2. The highest BCUT2D eigenvalue weighted by molar-refractivity contribution is 5.94. The van der Waals surface area contributed by atoms with Gasteiger partial charge in [-0.2, -0.15) is 0 Å². The molecule has 0 aromatic heterocycles. The zero-order valence-electron chi connectivity index (χ0n) is 13.7. The van der Waals surface area contributed by atoms with E-state index < -0.39 is 0 Å². The first kappa shape index (κ1) is 19.7. The molecule has 1 saturated heterocycles. The maximum atomic E-state index is 12.2. The first-order valence-corrected chi connectivity index (χ1v) is 8.00. The fourth-order valence-electron chi connectivity index (χ4n) is 2.63. The van der Waals surface area contributed by atoms with Gasteiger partial charge in [0.2, 0.25) is 0 Å². The van der Waals surface area contributed by atoms with Crippen LogP contribution in [0, 0.1) is 5.92 Å². The Morgan fingerprint density at radius 3 is 3.00 bits per heavy atom. The third-order valence-electron chi connectivity index (χ3n) is 3.89. The Morgan fingerprint density at radius 1 is 1.39 bits per heavy atom. The Kier molecular flexibility index (Phi) is 9.67. The fraction of sp³-hybridized carbons (Fsp3) is 0.588. The van der Waals surface area contributed by atoms with Crippen LogP contribution < -0.4 is 15.4 Å². The van der Waals surface area contributed by atoms with Gasteiger partial charge in [-0.1, -0.05) is 6.07 Å². The third kappa shape index (κ3) is 7.20. The number of hydrogen-bond acceptors (Lipinski definition) is 4. The van der Waals surface area contributed by atoms with E-state index in [1.807, 2.05) is 12.1 Å². The van der Waals surface area contributed by atoms with E-state index in [0.29, 0.717) is 30.4 Å². The van der Waals surface area contributed by atoms with Crippen molar-refractivity contribution >= 4 is 18.3 Å². The highest BCUT2D eigenvalue weighted by Crippen LogP contribution is 2.15. The monoisotopic (exact) mass is 342 g/mol. The molecule has 2 N–H and O–H groups in total. The second-order valence-electron chi connectivity index (χ2n) is 5.63. The Hall–Kier alpha value is -1.30. The van der Waals surface area contributed by atoms with Crippen molar-refractivity contribution in [2.75, 3.05) is 40.0 Å².